The van der Waals surface area contributed by atoms with Crippen molar-refractivity contribution in [3.63, 3.8) is 0 Å². The van der Waals surface area contributed by atoms with Gasteiger partial charge in [0.05, 0.1) is 0 Å². The fraction of sp³-hybridized carbons (Fsp3) is 0.722. The topological polar surface area (TPSA) is 0 Å². The van der Waals surface area contributed by atoms with Crippen LogP contribution >= 0.6 is 0 Å². The minimum Gasteiger partial charge on any atom is -0.0802 e. The molecule has 0 radical (unpaired) electrons. The third-order valence-electron chi connectivity index (χ3n) is 9.20. The zero-order valence-corrected chi connectivity index (χ0v) is 24.1. The molecule has 1 aromatic carbocycles. The molecule has 1 unspecified atom stereocenters. The van der Waals surface area contributed by atoms with Crippen molar-refractivity contribution < 1.29 is 0 Å². The van der Waals surface area contributed by atoms with Gasteiger partial charge >= 0.3 is 0 Å². The average Bonchev–Trinajstić information content (AvgIpc) is 2.93. The third-order valence-corrected chi connectivity index (χ3v) is 9.20. The second-order valence-corrected chi connectivity index (χ2v) is 12.2. The Hall–Kier alpha value is -1.30. The summed E-state index contributed by atoms with van der Waals surface area (Å²) >= 11 is 0. The Bertz CT molecular complexity index is 728. The fourth-order valence-electron chi connectivity index (χ4n) is 6.65. The molecule has 0 bridgehead atoms. The van der Waals surface area contributed by atoms with Gasteiger partial charge in [-0.1, -0.05) is 159 Å². The van der Waals surface area contributed by atoms with Crippen molar-refractivity contribution in [3.8, 4) is 0 Å². The van der Waals surface area contributed by atoms with Gasteiger partial charge in [0.25, 0.3) is 0 Å². The van der Waals surface area contributed by atoms with Gasteiger partial charge in [0, 0.05) is 0 Å². The highest BCUT2D eigenvalue weighted by Crippen LogP contribution is 2.39. The molecule has 0 saturated heterocycles. The van der Waals surface area contributed by atoms with Gasteiger partial charge in [-0.3, -0.25) is 0 Å². The molecule has 3 rings (SSSR count). The predicted octanol–water partition coefficient (Wildman–Crippen LogP) is 11.9. The second kappa shape index (κ2) is 18.0. The van der Waals surface area contributed by atoms with E-state index in [1.54, 1.807) is 0 Å². The highest BCUT2D eigenvalue weighted by atomic mass is 14.3. The molecule has 36 heavy (non-hydrogen) atoms. The van der Waals surface area contributed by atoms with Gasteiger partial charge in [0.2, 0.25) is 0 Å². The first-order chi connectivity index (χ1) is 17.8. The van der Waals surface area contributed by atoms with E-state index in [1.807, 2.05) is 0 Å². The van der Waals surface area contributed by atoms with Crippen LogP contribution in [0.1, 0.15) is 153 Å². The van der Waals surface area contributed by atoms with Crippen molar-refractivity contribution in [3.05, 3.63) is 53.6 Å². The van der Waals surface area contributed by atoms with E-state index in [2.05, 4.69) is 56.3 Å². The molecule has 1 aromatic rings. The molecule has 0 N–H and O–H groups in total. The molecule has 0 heterocycles. The van der Waals surface area contributed by atoms with Gasteiger partial charge in [-0.25, -0.2) is 0 Å². The summed E-state index contributed by atoms with van der Waals surface area (Å²) in [6, 6.07) is 9.46. The van der Waals surface area contributed by atoms with Crippen LogP contribution < -0.4 is 0 Å². The average molecular weight is 491 g/mol. The Morgan fingerprint density at radius 3 is 1.81 bits per heavy atom. The maximum Gasteiger partial charge on any atom is -0.0167 e. The maximum absolute atomic E-state index is 2.56. The summed E-state index contributed by atoms with van der Waals surface area (Å²) in [5.74, 6) is 2.73. The molecule has 0 amide bonds. The summed E-state index contributed by atoms with van der Waals surface area (Å²) in [5.41, 5.74) is 4.36. The normalized spacial score (nSPS) is 22.1. The Labute approximate surface area is 225 Å². The number of unbranched alkanes of at least 4 members (excludes halogenated alkanes) is 12. The molecule has 0 heteroatoms. The first-order valence-corrected chi connectivity index (χ1v) is 16.3. The summed E-state index contributed by atoms with van der Waals surface area (Å²) < 4.78 is 0. The molecule has 0 aromatic heterocycles. The van der Waals surface area contributed by atoms with Crippen LogP contribution in [0, 0.1) is 17.8 Å². The number of allylic oxidation sites excluding steroid dienone is 4. The number of rotatable bonds is 18. The molecular weight excluding hydrogens is 432 g/mol. The van der Waals surface area contributed by atoms with Crippen molar-refractivity contribution in [1.82, 2.24) is 0 Å². The molecule has 2 aliphatic rings. The highest BCUT2D eigenvalue weighted by molar-refractivity contribution is 5.75. The van der Waals surface area contributed by atoms with Gasteiger partial charge in [0.1, 0.15) is 0 Å². The van der Waals surface area contributed by atoms with Crippen LogP contribution in [0.4, 0.5) is 0 Å². The van der Waals surface area contributed by atoms with Crippen molar-refractivity contribution in [1.29, 1.82) is 0 Å². The second-order valence-electron chi connectivity index (χ2n) is 12.2. The largest absolute Gasteiger partial charge is 0.0802 e. The van der Waals surface area contributed by atoms with E-state index >= 15 is 0 Å². The summed E-state index contributed by atoms with van der Waals surface area (Å²) in [5, 5.41) is 0. The van der Waals surface area contributed by atoms with Crippen LogP contribution in [-0.2, 0) is 6.42 Å². The quantitative estimate of drug-likeness (QED) is 0.179. The minimum absolute atomic E-state index is 0.782. The van der Waals surface area contributed by atoms with Crippen LogP contribution in [0.15, 0.2) is 42.5 Å². The monoisotopic (exact) mass is 490 g/mol. The molecule has 0 spiro atoms. The maximum atomic E-state index is 2.56. The summed E-state index contributed by atoms with van der Waals surface area (Å²) in [4.78, 5) is 0. The third kappa shape index (κ3) is 11.0. The molecule has 2 aliphatic carbocycles. The zero-order chi connectivity index (χ0) is 25.3. The van der Waals surface area contributed by atoms with Gasteiger partial charge in [-0.05, 0) is 66.6 Å². The molecule has 0 aliphatic heterocycles. The Balaban J connectivity index is 1.28. The lowest BCUT2D eigenvalue weighted by Gasteiger charge is -2.33. The van der Waals surface area contributed by atoms with E-state index in [0.717, 1.165) is 17.8 Å². The van der Waals surface area contributed by atoms with Crippen molar-refractivity contribution >= 4 is 5.57 Å². The van der Waals surface area contributed by atoms with Crippen molar-refractivity contribution in [2.24, 2.45) is 17.8 Å². The summed E-state index contributed by atoms with van der Waals surface area (Å²) in [6.07, 6.45) is 37.3. The smallest absolute Gasteiger partial charge is 0.0167 e. The minimum atomic E-state index is 0.782. The SMILES string of the molecule is CCCCCCCCCCC1CCC(C2C=CC(c3ccc(CCCCCCCC)cc3)=CC2)CC1. The summed E-state index contributed by atoms with van der Waals surface area (Å²) in [6.45, 7) is 4.60. The van der Waals surface area contributed by atoms with Crippen LogP contribution in [0.3, 0.4) is 0 Å². The lowest BCUT2D eigenvalue weighted by Crippen LogP contribution is -2.21. The first kappa shape index (κ1) is 29.3. The van der Waals surface area contributed by atoms with Crippen LogP contribution in [-0.4, -0.2) is 0 Å². The van der Waals surface area contributed by atoms with Gasteiger partial charge in [0.15, 0.2) is 0 Å². The van der Waals surface area contributed by atoms with Gasteiger partial charge < -0.3 is 0 Å². The van der Waals surface area contributed by atoms with Gasteiger partial charge in [-0.15, -0.1) is 0 Å². The number of benzene rings is 1. The number of aryl methyl sites for hydroxylation is 1. The van der Waals surface area contributed by atoms with E-state index in [-0.39, 0.29) is 0 Å². The summed E-state index contributed by atoms with van der Waals surface area (Å²) in [7, 11) is 0. The lowest BCUT2D eigenvalue weighted by atomic mass is 9.72. The Morgan fingerprint density at radius 2 is 1.22 bits per heavy atom. The Morgan fingerprint density at radius 1 is 0.639 bits per heavy atom. The fourth-order valence-corrected chi connectivity index (χ4v) is 6.65. The molecule has 202 valence electrons. The van der Waals surface area contributed by atoms with E-state index in [4.69, 9.17) is 0 Å². The van der Waals surface area contributed by atoms with Crippen molar-refractivity contribution in [2.45, 2.75) is 149 Å². The molecule has 1 fully saturated rings. The molecular formula is C36H58. The lowest BCUT2D eigenvalue weighted by molar-refractivity contribution is 0.218. The van der Waals surface area contributed by atoms with Crippen LogP contribution in [0.2, 0.25) is 0 Å². The predicted molar refractivity (Wildman–Crippen MR) is 161 cm³/mol. The van der Waals surface area contributed by atoms with Crippen LogP contribution in [0.25, 0.3) is 5.57 Å². The first-order valence-electron chi connectivity index (χ1n) is 16.3. The Kier molecular flexibility index (Phi) is 14.7. The van der Waals surface area contributed by atoms with E-state index in [1.165, 1.54) is 152 Å². The number of hydrogen-bond donors (Lipinski definition) is 0. The van der Waals surface area contributed by atoms with E-state index in [9.17, 15) is 0 Å². The molecule has 1 saturated carbocycles. The van der Waals surface area contributed by atoms with Gasteiger partial charge in [-0.2, -0.15) is 0 Å². The highest BCUT2D eigenvalue weighted by Gasteiger charge is 2.26. The van der Waals surface area contributed by atoms with E-state index in [0.29, 0.717) is 0 Å². The molecule has 0 nitrogen and oxygen atoms in total. The van der Waals surface area contributed by atoms with E-state index < -0.39 is 0 Å². The zero-order valence-electron chi connectivity index (χ0n) is 24.1. The number of hydrogen-bond acceptors (Lipinski definition) is 0. The molecule has 1 atom stereocenters. The van der Waals surface area contributed by atoms with Crippen LogP contribution in [0.5, 0.6) is 0 Å². The standard InChI is InChI=1S/C36H58/c1-3-5-7-9-11-12-14-16-18-32-21-25-34(26-22-32)36-29-27-35(28-30-36)33-23-19-31(20-24-33)17-15-13-10-8-6-4-2/h19-20,23-24,27-29,32,34,36H,3-18,21-22,25-26,30H2,1-2H3. The van der Waals surface area contributed by atoms with Crippen molar-refractivity contribution in [2.75, 3.05) is 0 Å².